The van der Waals surface area contributed by atoms with Crippen molar-refractivity contribution in [2.75, 3.05) is 18.4 Å². The normalized spacial score (nSPS) is 15.9. The summed E-state index contributed by atoms with van der Waals surface area (Å²) < 4.78 is 2.03. The lowest BCUT2D eigenvalue weighted by Crippen LogP contribution is -2.42. The van der Waals surface area contributed by atoms with Crippen LogP contribution in [-0.4, -0.2) is 49.2 Å². The topological polar surface area (TPSA) is 93.0 Å². The highest BCUT2D eigenvalue weighted by Crippen LogP contribution is 2.29. The van der Waals surface area contributed by atoms with Crippen molar-refractivity contribution in [1.29, 1.82) is 0 Å². The molecule has 3 aromatic rings. The van der Waals surface area contributed by atoms with E-state index in [4.69, 9.17) is 4.98 Å². The maximum atomic E-state index is 13.5. The summed E-state index contributed by atoms with van der Waals surface area (Å²) in [6.45, 7) is 5.60. The highest BCUT2D eigenvalue weighted by atomic mass is 16.2. The average molecular weight is 459 g/mol. The molecule has 2 aliphatic heterocycles. The minimum absolute atomic E-state index is 0.0343. The van der Waals surface area contributed by atoms with E-state index in [2.05, 4.69) is 33.6 Å². The highest BCUT2D eigenvalue weighted by molar-refractivity contribution is 5.94. The Morgan fingerprint density at radius 3 is 2.79 bits per heavy atom. The number of fused-ring (bicyclic) bond motifs is 2. The van der Waals surface area contributed by atoms with Gasteiger partial charge in [0.15, 0.2) is 0 Å². The van der Waals surface area contributed by atoms with Gasteiger partial charge in [0, 0.05) is 55.9 Å². The summed E-state index contributed by atoms with van der Waals surface area (Å²) in [5.74, 6) is 1.66. The van der Waals surface area contributed by atoms with Gasteiger partial charge in [0.05, 0.1) is 6.04 Å². The Hall–Kier alpha value is -3.55. The van der Waals surface area contributed by atoms with Gasteiger partial charge >= 0.3 is 0 Å². The molecule has 1 atom stereocenters. The Labute approximate surface area is 199 Å². The molecule has 1 N–H and O–H groups in total. The van der Waals surface area contributed by atoms with Gasteiger partial charge in [-0.1, -0.05) is 6.07 Å². The molecule has 5 heterocycles. The van der Waals surface area contributed by atoms with Crippen LogP contribution in [0.15, 0.2) is 36.8 Å². The Bertz CT molecular complexity index is 1220. The molecule has 0 saturated carbocycles. The fraction of sp³-hybridized carbons (Fsp3) is 0.423. The smallest absolute Gasteiger partial charge is 0.271 e. The van der Waals surface area contributed by atoms with E-state index in [0.29, 0.717) is 24.6 Å². The molecule has 0 aromatic carbocycles. The van der Waals surface area contributed by atoms with Crippen LogP contribution in [0.25, 0.3) is 0 Å². The lowest BCUT2D eigenvalue weighted by molar-refractivity contribution is -0.118. The van der Waals surface area contributed by atoms with Crippen LogP contribution in [0.5, 0.6) is 0 Å². The number of pyridine rings is 1. The van der Waals surface area contributed by atoms with Crippen molar-refractivity contribution in [3.05, 3.63) is 70.7 Å². The van der Waals surface area contributed by atoms with Crippen LogP contribution in [0, 0.1) is 6.92 Å². The first kappa shape index (κ1) is 22.3. The minimum Gasteiger partial charge on any atom is -0.370 e. The molecule has 0 bridgehead atoms. The van der Waals surface area contributed by atoms with Gasteiger partial charge in [-0.2, -0.15) is 0 Å². The van der Waals surface area contributed by atoms with E-state index < -0.39 is 0 Å². The van der Waals surface area contributed by atoms with Gasteiger partial charge in [-0.3, -0.25) is 9.59 Å². The van der Waals surface area contributed by atoms with Crippen molar-refractivity contribution in [3.8, 4) is 0 Å². The van der Waals surface area contributed by atoms with E-state index in [1.165, 1.54) is 5.56 Å². The highest BCUT2D eigenvalue weighted by Gasteiger charge is 2.32. The summed E-state index contributed by atoms with van der Waals surface area (Å²) in [6.07, 6.45) is 9.66. The number of anilines is 1. The molecule has 0 radical (unpaired) electrons. The van der Waals surface area contributed by atoms with Gasteiger partial charge in [0.2, 0.25) is 0 Å². The van der Waals surface area contributed by atoms with E-state index in [-0.39, 0.29) is 24.2 Å². The van der Waals surface area contributed by atoms with E-state index in [9.17, 15) is 9.59 Å². The van der Waals surface area contributed by atoms with Crippen LogP contribution < -0.4 is 5.32 Å². The average Bonchev–Trinajstić information content (AvgIpc) is 3.26. The summed E-state index contributed by atoms with van der Waals surface area (Å²) in [5, 5.41) is 3.39. The zero-order valence-corrected chi connectivity index (χ0v) is 19.8. The molecule has 5 rings (SSSR count). The largest absolute Gasteiger partial charge is 0.370 e. The number of Topliss-reactive ketones (excluding diaryl/α,β-unsaturated/α-hetero) is 1. The number of aryl methyl sites for hydroxylation is 4. The molecule has 0 unspecified atom stereocenters. The molecule has 3 aromatic heterocycles. The summed E-state index contributed by atoms with van der Waals surface area (Å²) >= 11 is 0. The van der Waals surface area contributed by atoms with E-state index in [0.717, 1.165) is 54.9 Å². The molecule has 0 spiro atoms. The van der Waals surface area contributed by atoms with Crippen LogP contribution in [0.2, 0.25) is 0 Å². The van der Waals surface area contributed by atoms with Crippen molar-refractivity contribution < 1.29 is 9.59 Å². The zero-order chi connectivity index (χ0) is 23.7. The Kier molecular flexibility index (Phi) is 6.13. The third-order valence-corrected chi connectivity index (χ3v) is 6.68. The maximum absolute atomic E-state index is 13.5. The predicted octanol–water partition coefficient (Wildman–Crippen LogP) is 3.30. The fourth-order valence-electron chi connectivity index (χ4n) is 4.87. The van der Waals surface area contributed by atoms with Crippen molar-refractivity contribution in [1.82, 2.24) is 24.4 Å². The molecule has 8 heteroatoms. The van der Waals surface area contributed by atoms with E-state index >= 15 is 0 Å². The second kappa shape index (κ2) is 9.37. The minimum atomic E-state index is -0.357. The number of rotatable bonds is 7. The summed E-state index contributed by atoms with van der Waals surface area (Å²) in [6, 6.07) is 5.93. The van der Waals surface area contributed by atoms with Crippen molar-refractivity contribution in [2.45, 2.75) is 58.5 Å². The molecule has 0 fully saturated rings. The molecule has 34 heavy (non-hydrogen) atoms. The van der Waals surface area contributed by atoms with E-state index in [1.54, 1.807) is 24.2 Å². The first-order chi connectivity index (χ1) is 16.5. The van der Waals surface area contributed by atoms with Crippen molar-refractivity contribution >= 4 is 17.5 Å². The molecular formula is C26H30N6O2. The third-order valence-electron chi connectivity index (χ3n) is 6.68. The Morgan fingerprint density at radius 2 is 2.00 bits per heavy atom. The second-order valence-electron chi connectivity index (χ2n) is 9.25. The molecular weight excluding hydrogens is 428 g/mol. The molecule has 0 aliphatic carbocycles. The van der Waals surface area contributed by atoms with Crippen molar-refractivity contribution in [2.24, 2.45) is 0 Å². The van der Waals surface area contributed by atoms with Gasteiger partial charge in [-0.05, 0) is 62.8 Å². The first-order valence-corrected chi connectivity index (χ1v) is 12.0. The van der Waals surface area contributed by atoms with Gasteiger partial charge < -0.3 is 14.8 Å². The number of ketones is 1. The number of nitrogens with zero attached hydrogens (tertiary/aromatic N) is 5. The Balaban J connectivity index is 1.32. The second-order valence-corrected chi connectivity index (χ2v) is 9.25. The van der Waals surface area contributed by atoms with Gasteiger partial charge in [0.1, 0.15) is 23.1 Å². The number of carbonyl (C=O) groups is 2. The van der Waals surface area contributed by atoms with Crippen LogP contribution in [-0.2, 0) is 30.6 Å². The lowest BCUT2D eigenvalue weighted by atomic mass is 10.0. The quantitative estimate of drug-likeness (QED) is 0.584. The summed E-state index contributed by atoms with van der Waals surface area (Å²) in [4.78, 5) is 40.6. The fourth-order valence-corrected chi connectivity index (χ4v) is 4.87. The first-order valence-electron chi connectivity index (χ1n) is 12.0. The Morgan fingerprint density at radius 1 is 1.18 bits per heavy atom. The number of amides is 1. The van der Waals surface area contributed by atoms with Gasteiger partial charge in [-0.15, -0.1) is 0 Å². The van der Waals surface area contributed by atoms with Crippen LogP contribution in [0.4, 0.5) is 5.82 Å². The van der Waals surface area contributed by atoms with Crippen LogP contribution in [0.3, 0.4) is 0 Å². The molecule has 8 nitrogen and oxygen atoms in total. The predicted molar refractivity (Wildman–Crippen MR) is 129 cm³/mol. The van der Waals surface area contributed by atoms with Crippen LogP contribution in [0.1, 0.15) is 64.5 Å². The summed E-state index contributed by atoms with van der Waals surface area (Å²) in [5.41, 5.74) is 4.94. The number of nitrogens with one attached hydrogen (secondary N) is 1. The number of hydrogen-bond donors (Lipinski definition) is 1. The number of hydrogen-bond acceptors (Lipinski definition) is 6. The molecule has 0 saturated heterocycles. The monoisotopic (exact) mass is 458 g/mol. The number of aromatic nitrogens is 4. The SMILES string of the molecule is CC(=O)C[C@@H](c1cnc(C)nc1)N1CCn2cc(CCc3ccc4c(n3)NCCC4)cc2C1=O. The molecule has 176 valence electrons. The number of carbonyl (C=O) groups excluding carboxylic acids is 2. The maximum Gasteiger partial charge on any atom is 0.271 e. The molecule has 2 aliphatic rings. The third kappa shape index (κ3) is 4.58. The standard InChI is InChI=1S/C26H30N6O2/c1-17(33)12-23(21-14-28-18(2)29-15-21)32-11-10-31-16-19(13-24(31)26(32)34)5-7-22-8-6-20-4-3-9-27-25(20)30-22/h6,8,13-16,23H,3-5,7,9-12H2,1-2H3,(H,27,30)/t23-/m0/s1. The van der Waals surface area contributed by atoms with Crippen molar-refractivity contribution in [3.63, 3.8) is 0 Å². The van der Waals surface area contributed by atoms with Gasteiger partial charge in [0.25, 0.3) is 5.91 Å². The van der Waals surface area contributed by atoms with Gasteiger partial charge in [-0.25, -0.2) is 15.0 Å². The lowest BCUT2D eigenvalue weighted by Gasteiger charge is -2.35. The molecule has 1 amide bonds. The van der Waals surface area contributed by atoms with Crippen LogP contribution >= 0.6 is 0 Å². The van der Waals surface area contributed by atoms with E-state index in [1.807, 2.05) is 17.6 Å². The summed E-state index contributed by atoms with van der Waals surface area (Å²) in [7, 11) is 0. The zero-order valence-electron chi connectivity index (χ0n) is 19.8.